The van der Waals surface area contributed by atoms with E-state index in [1.165, 1.54) is 30.5 Å². The van der Waals surface area contributed by atoms with Gasteiger partial charge in [-0.1, -0.05) is 12.1 Å². The first-order valence-electron chi connectivity index (χ1n) is 7.38. The quantitative estimate of drug-likeness (QED) is 0.671. The van der Waals surface area contributed by atoms with E-state index in [4.69, 9.17) is 4.42 Å². The standard InChI is InChI=1S/C17H16FN3O3/c1-10(16(22)11-4-6-12(18)7-5-11)19-17(23)14-9-13(20-21-14)15-3-2-8-24-15/h2-10,16,22H,1H3,(H,19,23)(H,20,21). The number of hydrogen-bond donors (Lipinski definition) is 3. The Bertz CT molecular complexity index is 812. The second kappa shape index (κ2) is 6.67. The molecule has 0 saturated carbocycles. The fourth-order valence-electron chi connectivity index (χ4n) is 2.30. The second-order valence-electron chi connectivity index (χ2n) is 5.40. The van der Waals surface area contributed by atoms with Crippen LogP contribution in [0.15, 0.2) is 53.1 Å². The van der Waals surface area contributed by atoms with E-state index in [-0.39, 0.29) is 11.5 Å². The number of carbonyl (C=O) groups excluding carboxylic acids is 1. The normalized spacial score (nSPS) is 13.5. The molecule has 6 nitrogen and oxygen atoms in total. The van der Waals surface area contributed by atoms with E-state index in [0.717, 1.165) is 0 Å². The number of carbonyl (C=O) groups is 1. The molecule has 0 aliphatic carbocycles. The van der Waals surface area contributed by atoms with E-state index >= 15 is 0 Å². The molecule has 0 spiro atoms. The molecule has 0 aliphatic heterocycles. The third-order valence-corrected chi connectivity index (χ3v) is 3.64. The molecule has 0 radical (unpaired) electrons. The molecule has 0 aliphatic rings. The fourth-order valence-corrected chi connectivity index (χ4v) is 2.30. The van der Waals surface area contributed by atoms with Crippen LogP contribution in [0, 0.1) is 5.82 Å². The highest BCUT2D eigenvalue weighted by molar-refractivity contribution is 5.93. The second-order valence-corrected chi connectivity index (χ2v) is 5.40. The number of aliphatic hydroxyl groups is 1. The average Bonchev–Trinajstić information content (AvgIpc) is 3.26. The van der Waals surface area contributed by atoms with Gasteiger partial charge in [-0.2, -0.15) is 5.10 Å². The lowest BCUT2D eigenvalue weighted by molar-refractivity contribution is 0.0847. The first-order valence-corrected chi connectivity index (χ1v) is 7.38. The van der Waals surface area contributed by atoms with Gasteiger partial charge < -0.3 is 14.8 Å². The Morgan fingerprint density at radius 3 is 2.75 bits per heavy atom. The Labute approximate surface area is 137 Å². The lowest BCUT2D eigenvalue weighted by atomic mass is 10.0. The molecule has 2 heterocycles. The van der Waals surface area contributed by atoms with Crippen molar-refractivity contribution >= 4 is 5.91 Å². The smallest absolute Gasteiger partial charge is 0.272 e. The van der Waals surface area contributed by atoms with Gasteiger partial charge >= 0.3 is 0 Å². The molecule has 7 heteroatoms. The number of halogens is 1. The van der Waals surface area contributed by atoms with Crippen LogP contribution in [0.2, 0.25) is 0 Å². The predicted octanol–water partition coefficient (Wildman–Crippen LogP) is 2.66. The third kappa shape index (κ3) is 3.36. The topological polar surface area (TPSA) is 91.2 Å². The molecular weight excluding hydrogens is 313 g/mol. The van der Waals surface area contributed by atoms with Gasteiger partial charge in [0.05, 0.1) is 18.4 Å². The van der Waals surface area contributed by atoms with Crippen LogP contribution in [0.3, 0.4) is 0 Å². The fraction of sp³-hybridized carbons (Fsp3) is 0.176. The molecule has 3 N–H and O–H groups in total. The summed E-state index contributed by atoms with van der Waals surface area (Å²) in [6.45, 7) is 1.66. The summed E-state index contributed by atoms with van der Waals surface area (Å²) in [5.74, 6) is -0.247. The molecule has 0 saturated heterocycles. The Morgan fingerprint density at radius 2 is 2.08 bits per heavy atom. The SMILES string of the molecule is CC(NC(=O)c1cc(-c2ccco2)[nH]n1)C(O)c1ccc(F)cc1. The maximum Gasteiger partial charge on any atom is 0.272 e. The van der Waals surface area contributed by atoms with E-state index in [1.807, 2.05) is 0 Å². The zero-order chi connectivity index (χ0) is 17.1. The van der Waals surface area contributed by atoms with Crippen LogP contribution in [0.5, 0.6) is 0 Å². The summed E-state index contributed by atoms with van der Waals surface area (Å²) in [4.78, 5) is 12.2. The maximum absolute atomic E-state index is 12.9. The Kier molecular flexibility index (Phi) is 4.43. The molecule has 3 aromatic rings. The molecule has 1 amide bonds. The zero-order valence-electron chi connectivity index (χ0n) is 12.9. The van der Waals surface area contributed by atoms with Gasteiger partial charge in [-0.15, -0.1) is 0 Å². The molecule has 2 atom stereocenters. The van der Waals surface area contributed by atoms with Crippen LogP contribution < -0.4 is 5.32 Å². The van der Waals surface area contributed by atoms with Crippen molar-refractivity contribution in [1.82, 2.24) is 15.5 Å². The summed E-state index contributed by atoms with van der Waals surface area (Å²) in [5, 5.41) is 19.6. The van der Waals surface area contributed by atoms with Crippen LogP contribution in [0.1, 0.15) is 29.1 Å². The largest absolute Gasteiger partial charge is 0.463 e. The molecule has 0 fully saturated rings. The zero-order valence-corrected chi connectivity index (χ0v) is 12.9. The minimum atomic E-state index is -0.960. The lowest BCUT2D eigenvalue weighted by Gasteiger charge is -2.20. The first-order chi connectivity index (χ1) is 11.5. The molecule has 24 heavy (non-hydrogen) atoms. The molecule has 0 bridgehead atoms. The number of hydrogen-bond acceptors (Lipinski definition) is 4. The number of H-pyrrole nitrogens is 1. The van der Waals surface area contributed by atoms with Gasteiger partial charge in [0, 0.05) is 6.07 Å². The average molecular weight is 329 g/mol. The number of amides is 1. The highest BCUT2D eigenvalue weighted by atomic mass is 19.1. The van der Waals surface area contributed by atoms with Gasteiger partial charge in [-0.05, 0) is 36.8 Å². The number of aromatic amines is 1. The van der Waals surface area contributed by atoms with Crippen LogP contribution >= 0.6 is 0 Å². The number of nitrogens with zero attached hydrogens (tertiary/aromatic N) is 1. The van der Waals surface area contributed by atoms with Crippen molar-refractivity contribution in [2.24, 2.45) is 0 Å². The molecule has 1 aromatic carbocycles. The van der Waals surface area contributed by atoms with Gasteiger partial charge in [-0.25, -0.2) is 4.39 Å². The van der Waals surface area contributed by atoms with Gasteiger partial charge in [-0.3, -0.25) is 9.89 Å². The summed E-state index contributed by atoms with van der Waals surface area (Å²) in [6, 6.07) is 9.94. The van der Waals surface area contributed by atoms with E-state index in [2.05, 4.69) is 15.5 Å². The van der Waals surface area contributed by atoms with Crippen molar-refractivity contribution in [3.8, 4) is 11.5 Å². The molecule has 124 valence electrons. The summed E-state index contributed by atoms with van der Waals surface area (Å²) >= 11 is 0. The van der Waals surface area contributed by atoms with Crippen molar-refractivity contribution in [2.75, 3.05) is 0 Å². The van der Waals surface area contributed by atoms with Gasteiger partial charge in [0.25, 0.3) is 5.91 Å². The van der Waals surface area contributed by atoms with E-state index < -0.39 is 18.1 Å². The van der Waals surface area contributed by atoms with Crippen LogP contribution in [0.25, 0.3) is 11.5 Å². The van der Waals surface area contributed by atoms with Crippen molar-refractivity contribution in [3.63, 3.8) is 0 Å². The minimum absolute atomic E-state index is 0.180. The van der Waals surface area contributed by atoms with Gasteiger partial charge in [0.15, 0.2) is 11.5 Å². The van der Waals surface area contributed by atoms with E-state index in [0.29, 0.717) is 17.0 Å². The Balaban J connectivity index is 1.66. The number of nitrogens with one attached hydrogen (secondary N) is 2. The van der Waals surface area contributed by atoms with Crippen molar-refractivity contribution in [2.45, 2.75) is 19.1 Å². The van der Waals surface area contributed by atoms with Crippen molar-refractivity contribution in [1.29, 1.82) is 0 Å². The van der Waals surface area contributed by atoms with E-state index in [1.54, 1.807) is 25.1 Å². The molecule has 2 unspecified atom stereocenters. The van der Waals surface area contributed by atoms with E-state index in [9.17, 15) is 14.3 Å². The highest BCUT2D eigenvalue weighted by Gasteiger charge is 2.21. The van der Waals surface area contributed by atoms with Crippen LogP contribution in [0.4, 0.5) is 4.39 Å². The third-order valence-electron chi connectivity index (χ3n) is 3.64. The predicted molar refractivity (Wildman–Crippen MR) is 84.6 cm³/mol. The molecule has 3 rings (SSSR count). The summed E-state index contributed by atoms with van der Waals surface area (Å²) in [5.41, 5.74) is 1.28. The maximum atomic E-state index is 12.9. The number of aliphatic hydroxyl groups excluding tert-OH is 1. The van der Waals surface area contributed by atoms with Gasteiger partial charge in [0.2, 0.25) is 0 Å². The monoisotopic (exact) mass is 329 g/mol. The first kappa shape index (κ1) is 15.9. The van der Waals surface area contributed by atoms with Crippen molar-refractivity contribution < 1.29 is 18.7 Å². The summed E-state index contributed by atoms with van der Waals surface area (Å²) in [6.07, 6.45) is 0.565. The minimum Gasteiger partial charge on any atom is -0.463 e. The van der Waals surface area contributed by atoms with Crippen molar-refractivity contribution in [3.05, 3.63) is 65.8 Å². The summed E-state index contributed by atoms with van der Waals surface area (Å²) in [7, 11) is 0. The number of aromatic nitrogens is 2. The summed E-state index contributed by atoms with van der Waals surface area (Å²) < 4.78 is 18.2. The van der Waals surface area contributed by atoms with Gasteiger partial charge in [0.1, 0.15) is 11.5 Å². The van der Waals surface area contributed by atoms with Crippen LogP contribution in [-0.2, 0) is 0 Å². The number of furan rings is 1. The number of benzene rings is 1. The Hall–Kier alpha value is -2.93. The highest BCUT2D eigenvalue weighted by Crippen LogP contribution is 2.19. The molecular formula is C17H16FN3O3. The lowest BCUT2D eigenvalue weighted by Crippen LogP contribution is -2.37. The number of rotatable bonds is 5. The van der Waals surface area contributed by atoms with Crippen LogP contribution in [-0.4, -0.2) is 27.3 Å². The molecule has 2 aromatic heterocycles. The Morgan fingerprint density at radius 1 is 1.33 bits per heavy atom.